The fraction of sp³-hybridized carbons (Fsp3) is 0.381. The lowest BCUT2D eigenvalue weighted by Crippen LogP contribution is -2.44. The first-order valence-electron chi connectivity index (χ1n) is 9.38. The van der Waals surface area contributed by atoms with Crippen molar-refractivity contribution in [2.24, 2.45) is 0 Å². The van der Waals surface area contributed by atoms with E-state index in [1.54, 1.807) is 13.0 Å². The van der Waals surface area contributed by atoms with E-state index in [-0.39, 0.29) is 12.3 Å². The number of hydrogen-bond donors (Lipinski definition) is 2. The van der Waals surface area contributed by atoms with Gasteiger partial charge in [0.05, 0.1) is 6.54 Å². The van der Waals surface area contributed by atoms with Gasteiger partial charge in [-0.05, 0) is 44.0 Å². The maximum absolute atomic E-state index is 13.4. The number of benzene rings is 1. The molecule has 3 amide bonds. The summed E-state index contributed by atoms with van der Waals surface area (Å²) >= 11 is 0. The molecule has 1 aliphatic heterocycles. The summed E-state index contributed by atoms with van der Waals surface area (Å²) in [4.78, 5) is 42.6. The van der Waals surface area contributed by atoms with Gasteiger partial charge in [0, 0.05) is 17.0 Å². The van der Waals surface area contributed by atoms with Crippen LogP contribution in [0.3, 0.4) is 0 Å². The molecular weight excluding hydrogens is 361 g/mol. The van der Waals surface area contributed by atoms with E-state index in [2.05, 4.69) is 10.3 Å². The molecule has 1 aromatic heterocycles. The second-order valence-electron chi connectivity index (χ2n) is 7.25. The Morgan fingerprint density at radius 1 is 1.18 bits per heavy atom. The highest BCUT2D eigenvalue weighted by Crippen LogP contribution is 2.34. The molecule has 6 nitrogen and oxygen atoms in total. The molecule has 0 unspecified atom stereocenters. The predicted octanol–water partition coefficient (Wildman–Crippen LogP) is 3.59. The number of unbranched alkanes of at least 4 members (excludes halogenated alkanes) is 1. The summed E-state index contributed by atoms with van der Waals surface area (Å²) in [6.45, 7) is 5.26. The average molecular weight is 385 g/mol. The highest BCUT2D eigenvalue weighted by Gasteiger charge is 2.52. The molecule has 3 rings (SSSR count). The third-order valence-electron chi connectivity index (χ3n) is 5.17. The highest BCUT2D eigenvalue weighted by molar-refractivity contribution is 6.11. The topological polar surface area (TPSA) is 82.3 Å². The minimum absolute atomic E-state index is 0.309. The normalized spacial score (nSPS) is 19.2. The molecule has 0 saturated carbocycles. The summed E-state index contributed by atoms with van der Waals surface area (Å²) in [5.41, 5.74) is 1.24. The molecule has 1 fully saturated rings. The number of urea groups is 1. The van der Waals surface area contributed by atoms with Crippen LogP contribution in [-0.2, 0) is 10.3 Å². The molecule has 1 aliphatic rings. The maximum Gasteiger partial charge on any atom is 0.325 e. The lowest BCUT2D eigenvalue weighted by molar-refractivity contribution is -0.131. The number of aryl methyl sites for hydroxylation is 2. The Morgan fingerprint density at radius 3 is 2.43 bits per heavy atom. The van der Waals surface area contributed by atoms with Gasteiger partial charge in [-0.25, -0.2) is 9.18 Å². The van der Waals surface area contributed by atoms with Crippen molar-refractivity contribution in [2.75, 3.05) is 6.54 Å². The minimum atomic E-state index is -1.27. The minimum Gasteiger partial charge on any atom is -0.362 e. The molecule has 2 N–H and O–H groups in total. The number of Topliss-reactive ketones (excluding diaryl/α,β-unsaturated/α-hetero) is 1. The Labute approximate surface area is 163 Å². The summed E-state index contributed by atoms with van der Waals surface area (Å²) in [7, 11) is 0. The van der Waals surface area contributed by atoms with Crippen molar-refractivity contribution < 1.29 is 18.8 Å². The summed E-state index contributed by atoms with van der Waals surface area (Å²) in [6.07, 6.45) is 1.90. The number of aromatic nitrogens is 1. The fourth-order valence-corrected chi connectivity index (χ4v) is 3.70. The van der Waals surface area contributed by atoms with Gasteiger partial charge in [0.25, 0.3) is 5.91 Å². The van der Waals surface area contributed by atoms with Gasteiger partial charge in [-0.1, -0.05) is 31.9 Å². The Bertz CT molecular complexity index is 919. The van der Waals surface area contributed by atoms with Gasteiger partial charge >= 0.3 is 6.03 Å². The number of nitrogens with one attached hydrogen (secondary N) is 2. The van der Waals surface area contributed by atoms with Crippen LogP contribution in [0.2, 0.25) is 0 Å². The number of aromatic amines is 1. The third kappa shape index (κ3) is 3.44. The molecule has 7 heteroatoms. The largest absolute Gasteiger partial charge is 0.362 e. The second kappa shape index (κ2) is 7.58. The third-order valence-corrected chi connectivity index (χ3v) is 5.17. The van der Waals surface area contributed by atoms with Crippen LogP contribution in [0.1, 0.15) is 53.5 Å². The van der Waals surface area contributed by atoms with Gasteiger partial charge in [-0.2, -0.15) is 0 Å². The van der Waals surface area contributed by atoms with E-state index in [1.807, 2.05) is 13.8 Å². The van der Waals surface area contributed by atoms with Gasteiger partial charge in [-0.15, -0.1) is 0 Å². The molecule has 2 aromatic rings. The summed E-state index contributed by atoms with van der Waals surface area (Å²) in [5.74, 6) is -1.21. The van der Waals surface area contributed by atoms with Crippen LogP contribution < -0.4 is 5.32 Å². The number of H-pyrrole nitrogens is 1. The Kier molecular flexibility index (Phi) is 5.36. The van der Waals surface area contributed by atoms with Crippen LogP contribution in [0.25, 0.3) is 0 Å². The van der Waals surface area contributed by atoms with Crippen molar-refractivity contribution in [1.82, 2.24) is 15.2 Å². The van der Waals surface area contributed by atoms with E-state index in [0.29, 0.717) is 29.7 Å². The van der Waals surface area contributed by atoms with Gasteiger partial charge in [-0.3, -0.25) is 14.5 Å². The van der Waals surface area contributed by atoms with E-state index in [1.165, 1.54) is 24.3 Å². The van der Waals surface area contributed by atoms with Gasteiger partial charge in [0.15, 0.2) is 5.78 Å². The number of carbonyl (C=O) groups is 3. The lowest BCUT2D eigenvalue weighted by Gasteiger charge is -2.27. The summed E-state index contributed by atoms with van der Waals surface area (Å²) in [6, 6.07) is 6.65. The number of rotatable bonds is 7. The Hall–Kier alpha value is -2.96. The van der Waals surface area contributed by atoms with Crippen LogP contribution in [-0.4, -0.2) is 34.2 Å². The van der Waals surface area contributed by atoms with Crippen molar-refractivity contribution in [3.63, 3.8) is 0 Å². The fourth-order valence-electron chi connectivity index (χ4n) is 3.70. The maximum atomic E-state index is 13.4. The molecular formula is C21H24FN3O3. The molecule has 0 aliphatic carbocycles. The first-order valence-corrected chi connectivity index (χ1v) is 9.38. The average Bonchev–Trinajstić information content (AvgIpc) is 3.12. The molecule has 1 atom stereocenters. The number of imide groups is 1. The number of amides is 3. The van der Waals surface area contributed by atoms with Crippen LogP contribution in [0.5, 0.6) is 0 Å². The standard InChI is InChI=1S/C21H24FN3O3/c1-4-5-10-21(15-6-8-16(22)9-7-15)19(27)25(20(28)24-21)12-18(26)17-11-13(2)23-14(17)3/h6-9,11,23H,4-5,10,12H2,1-3H3,(H,24,28)/t21-/m0/s1. The zero-order valence-electron chi connectivity index (χ0n) is 16.3. The Morgan fingerprint density at radius 2 is 1.86 bits per heavy atom. The number of carbonyl (C=O) groups excluding carboxylic acids is 3. The second-order valence-corrected chi connectivity index (χ2v) is 7.25. The quantitative estimate of drug-likeness (QED) is 0.564. The Balaban J connectivity index is 1.91. The van der Waals surface area contributed by atoms with Crippen molar-refractivity contribution in [1.29, 1.82) is 0 Å². The van der Waals surface area contributed by atoms with Crippen LogP contribution >= 0.6 is 0 Å². The van der Waals surface area contributed by atoms with Crippen LogP contribution in [0.15, 0.2) is 30.3 Å². The van der Waals surface area contributed by atoms with E-state index in [4.69, 9.17) is 0 Å². The lowest BCUT2D eigenvalue weighted by atomic mass is 9.84. The van der Waals surface area contributed by atoms with Gasteiger partial charge in [0.1, 0.15) is 11.4 Å². The first kappa shape index (κ1) is 19.8. The summed E-state index contributed by atoms with van der Waals surface area (Å²) in [5, 5.41) is 2.77. The number of nitrogens with zero attached hydrogens (tertiary/aromatic N) is 1. The van der Waals surface area contributed by atoms with Crippen molar-refractivity contribution in [2.45, 2.75) is 45.6 Å². The van der Waals surface area contributed by atoms with E-state index >= 15 is 0 Å². The zero-order chi connectivity index (χ0) is 20.5. The molecule has 148 valence electrons. The van der Waals surface area contributed by atoms with E-state index < -0.39 is 23.3 Å². The van der Waals surface area contributed by atoms with Gasteiger partial charge in [0.2, 0.25) is 0 Å². The van der Waals surface area contributed by atoms with E-state index in [9.17, 15) is 18.8 Å². The number of ketones is 1. The van der Waals surface area contributed by atoms with Crippen molar-refractivity contribution in [3.8, 4) is 0 Å². The smallest absolute Gasteiger partial charge is 0.325 e. The van der Waals surface area contributed by atoms with Crippen molar-refractivity contribution in [3.05, 3.63) is 58.7 Å². The summed E-state index contributed by atoms with van der Waals surface area (Å²) < 4.78 is 13.4. The molecule has 2 heterocycles. The predicted molar refractivity (Wildman–Crippen MR) is 102 cm³/mol. The molecule has 0 radical (unpaired) electrons. The van der Waals surface area contributed by atoms with E-state index in [0.717, 1.165) is 17.0 Å². The van der Waals surface area contributed by atoms with Crippen LogP contribution in [0.4, 0.5) is 9.18 Å². The monoisotopic (exact) mass is 385 g/mol. The van der Waals surface area contributed by atoms with Crippen LogP contribution in [0, 0.1) is 19.7 Å². The highest BCUT2D eigenvalue weighted by atomic mass is 19.1. The first-order chi connectivity index (χ1) is 13.3. The SMILES string of the molecule is CCCC[C@@]1(c2ccc(F)cc2)NC(=O)N(CC(=O)c2cc(C)[nH]c2C)C1=O. The molecule has 0 spiro atoms. The van der Waals surface area contributed by atoms with Gasteiger partial charge < -0.3 is 10.3 Å². The molecule has 0 bridgehead atoms. The molecule has 1 aromatic carbocycles. The zero-order valence-corrected chi connectivity index (χ0v) is 16.3. The van der Waals surface area contributed by atoms with Crippen molar-refractivity contribution >= 4 is 17.7 Å². The number of hydrogen-bond acceptors (Lipinski definition) is 3. The molecule has 28 heavy (non-hydrogen) atoms. The number of halogens is 1. The molecule has 1 saturated heterocycles.